The van der Waals surface area contributed by atoms with Crippen LogP contribution in [-0.2, 0) is 11.3 Å². The standard InChI is InChI=1S/C16H21N5O2/c1-23-14-8-6-12(7-9-14)16-18-20-21(19-16)11-10-15(22)17-13-4-2-3-5-13/h6-9,13H,2-5,10-11H2,1H3,(H,17,22). The van der Waals surface area contributed by atoms with Crippen LogP contribution in [0, 0.1) is 0 Å². The molecule has 0 unspecified atom stereocenters. The van der Waals surface area contributed by atoms with Gasteiger partial charge in [-0.05, 0) is 42.3 Å². The van der Waals surface area contributed by atoms with E-state index in [0.29, 0.717) is 24.8 Å². The maximum Gasteiger partial charge on any atom is 0.222 e. The molecular formula is C16H21N5O2. The van der Waals surface area contributed by atoms with Crippen molar-refractivity contribution in [1.82, 2.24) is 25.5 Å². The van der Waals surface area contributed by atoms with Crippen LogP contribution in [0.25, 0.3) is 11.4 Å². The smallest absolute Gasteiger partial charge is 0.222 e. The predicted molar refractivity (Wildman–Crippen MR) is 84.8 cm³/mol. The van der Waals surface area contributed by atoms with E-state index in [2.05, 4.69) is 20.7 Å². The lowest BCUT2D eigenvalue weighted by Crippen LogP contribution is -2.33. The number of nitrogens with one attached hydrogen (secondary N) is 1. The van der Waals surface area contributed by atoms with Crippen molar-refractivity contribution in [3.63, 3.8) is 0 Å². The maximum atomic E-state index is 11.9. The Hall–Kier alpha value is -2.44. The van der Waals surface area contributed by atoms with Gasteiger partial charge in [-0.1, -0.05) is 12.8 Å². The Morgan fingerprint density at radius 2 is 2.04 bits per heavy atom. The second kappa shape index (κ2) is 7.21. The number of aromatic nitrogens is 4. The highest BCUT2D eigenvalue weighted by Gasteiger charge is 2.17. The van der Waals surface area contributed by atoms with Crippen molar-refractivity contribution in [1.29, 1.82) is 0 Å². The first-order valence-corrected chi connectivity index (χ1v) is 7.96. The topological polar surface area (TPSA) is 81.9 Å². The largest absolute Gasteiger partial charge is 0.497 e. The molecule has 2 aromatic rings. The van der Waals surface area contributed by atoms with Crippen LogP contribution in [0.15, 0.2) is 24.3 Å². The molecule has 1 aliphatic rings. The Balaban J connectivity index is 1.53. The van der Waals surface area contributed by atoms with Crippen LogP contribution >= 0.6 is 0 Å². The minimum absolute atomic E-state index is 0.0557. The van der Waals surface area contributed by atoms with E-state index in [-0.39, 0.29) is 5.91 Å². The Labute approximate surface area is 135 Å². The summed E-state index contributed by atoms with van der Waals surface area (Å²) in [6.45, 7) is 0.432. The van der Waals surface area contributed by atoms with Crippen LogP contribution in [0.2, 0.25) is 0 Å². The molecule has 0 atom stereocenters. The SMILES string of the molecule is COc1ccc(-c2nnn(CCC(=O)NC3CCCC3)n2)cc1. The van der Waals surface area contributed by atoms with Crippen molar-refractivity contribution in [2.24, 2.45) is 0 Å². The number of amides is 1. The Morgan fingerprint density at radius 3 is 2.74 bits per heavy atom. The number of rotatable bonds is 6. The Bertz CT molecular complexity index is 647. The van der Waals surface area contributed by atoms with Gasteiger partial charge in [-0.15, -0.1) is 10.2 Å². The fourth-order valence-corrected chi connectivity index (χ4v) is 2.77. The molecule has 1 fully saturated rings. The zero-order chi connectivity index (χ0) is 16.1. The third-order valence-corrected chi connectivity index (χ3v) is 4.06. The molecule has 1 aromatic heterocycles. The van der Waals surface area contributed by atoms with Crippen LogP contribution in [0.4, 0.5) is 0 Å². The molecule has 1 aliphatic carbocycles. The van der Waals surface area contributed by atoms with E-state index in [1.54, 1.807) is 7.11 Å². The average Bonchev–Trinajstić information content (AvgIpc) is 3.25. The molecule has 7 nitrogen and oxygen atoms in total. The number of tetrazole rings is 1. The molecule has 0 bridgehead atoms. The van der Waals surface area contributed by atoms with Gasteiger partial charge >= 0.3 is 0 Å². The van der Waals surface area contributed by atoms with Gasteiger partial charge < -0.3 is 10.1 Å². The molecule has 1 N–H and O–H groups in total. The van der Waals surface area contributed by atoms with Crippen molar-refractivity contribution in [2.75, 3.05) is 7.11 Å². The van der Waals surface area contributed by atoms with Gasteiger partial charge in [0, 0.05) is 18.0 Å². The number of nitrogens with zero attached hydrogens (tertiary/aromatic N) is 4. The van der Waals surface area contributed by atoms with Crippen molar-refractivity contribution in [2.45, 2.75) is 44.7 Å². The van der Waals surface area contributed by atoms with Crippen molar-refractivity contribution >= 4 is 5.91 Å². The summed E-state index contributed by atoms with van der Waals surface area (Å²) in [5.41, 5.74) is 0.868. The first-order valence-electron chi connectivity index (χ1n) is 7.96. The number of aryl methyl sites for hydroxylation is 1. The van der Waals surface area contributed by atoms with Gasteiger partial charge in [-0.2, -0.15) is 4.80 Å². The van der Waals surface area contributed by atoms with Gasteiger partial charge in [0.1, 0.15) is 5.75 Å². The molecule has 122 valence electrons. The summed E-state index contributed by atoms with van der Waals surface area (Å²) in [5.74, 6) is 1.38. The highest BCUT2D eigenvalue weighted by Crippen LogP contribution is 2.19. The van der Waals surface area contributed by atoms with E-state index in [4.69, 9.17) is 4.74 Å². The second-order valence-electron chi connectivity index (χ2n) is 5.74. The number of ether oxygens (including phenoxy) is 1. The Kier molecular flexibility index (Phi) is 4.85. The third-order valence-electron chi connectivity index (χ3n) is 4.06. The summed E-state index contributed by atoms with van der Waals surface area (Å²) in [7, 11) is 1.63. The van der Waals surface area contributed by atoms with Gasteiger partial charge in [-0.25, -0.2) is 0 Å². The van der Waals surface area contributed by atoms with E-state index < -0.39 is 0 Å². The van der Waals surface area contributed by atoms with Crippen molar-refractivity contribution in [3.05, 3.63) is 24.3 Å². The summed E-state index contributed by atoms with van der Waals surface area (Å²) in [5, 5.41) is 15.4. The van der Waals surface area contributed by atoms with E-state index >= 15 is 0 Å². The molecule has 1 heterocycles. The number of methoxy groups -OCH3 is 1. The molecule has 1 aromatic carbocycles. The quantitative estimate of drug-likeness (QED) is 0.879. The van der Waals surface area contributed by atoms with Crippen LogP contribution in [0.1, 0.15) is 32.1 Å². The predicted octanol–water partition coefficient (Wildman–Crippen LogP) is 1.80. The fraction of sp³-hybridized carbons (Fsp3) is 0.500. The zero-order valence-corrected chi connectivity index (χ0v) is 13.2. The summed E-state index contributed by atoms with van der Waals surface area (Å²) in [4.78, 5) is 13.4. The normalized spacial score (nSPS) is 14.8. The number of benzene rings is 1. The number of carbonyl (C=O) groups excluding carboxylic acids is 1. The van der Waals surface area contributed by atoms with Crippen LogP contribution < -0.4 is 10.1 Å². The first-order chi connectivity index (χ1) is 11.2. The average molecular weight is 315 g/mol. The van der Waals surface area contributed by atoms with Crippen molar-refractivity contribution < 1.29 is 9.53 Å². The second-order valence-corrected chi connectivity index (χ2v) is 5.74. The molecule has 0 spiro atoms. The van der Waals surface area contributed by atoms with Gasteiger partial charge in [0.2, 0.25) is 11.7 Å². The molecule has 23 heavy (non-hydrogen) atoms. The van der Waals surface area contributed by atoms with Crippen molar-refractivity contribution in [3.8, 4) is 17.1 Å². The van der Waals surface area contributed by atoms with Gasteiger partial charge in [0.05, 0.1) is 13.7 Å². The number of hydrogen-bond acceptors (Lipinski definition) is 5. The van der Waals surface area contributed by atoms with Crippen LogP contribution in [-0.4, -0.2) is 39.3 Å². The fourth-order valence-electron chi connectivity index (χ4n) is 2.77. The van der Waals surface area contributed by atoms with E-state index in [9.17, 15) is 4.79 Å². The van der Waals surface area contributed by atoms with Gasteiger partial charge in [-0.3, -0.25) is 4.79 Å². The van der Waals surface area contributed by atoms with E-state index in [0.717, 1.165) is 24.2 Å². The van der Waals surface area contributed by atoms with Gasteiger partial charge in [0.15, 0.2) is 0 Å². The molecule has 3 rings (SSSR count). The molecule has 1 amide bonds. The highest BCUT2D eigenvalue weighted by molar-refractivity contribution is 5.76. The zero-order valence-electron chi connectivity index (χ0n) is 13.2. The molecular weight excluding hydrogens is 294 g/mol. The van der Waals surface area contributed by atoms with E-state index in [1.165, 1.54) is 17.6 Å². The molecule has 0 aliphatic heterocycles. The lowest BCUT2D eigenvalue weighted by molar-refractivity contribution is -0.122. The molecule has 1 saturated carbocycles. The van der Waals surface area contributed by atoms with E-state index in [1.807, 2.05) is 24.3 Å². The maximum absolute atomic E-state index is 11.9. The molecule has 0 saturated heterocycles. The summed E-state index contributed by atoms with van der Waals surface area (Å²) < 4.78 is 5.12. The summed E-state index contributed by atoms with van der Waals surface area (Å²) in [6.07, 6.45) is 4.97. The third kappa shape index (κ3) is 4.06. The lowest BCUT2D eigenvalue weighted by Gasteiger charge is -2.11. The summed E-state index contributed by atoms with van der Waals surface area (Å²) in [6, 6.07) is 7.82. The minimum atomic E-state index is 0.0557. The number of hydrogen-bond donors (Lipinski definition) is 1. The summed E-state index contributed by atoms with van der Waals surface area (Å²) >= 11 is 0. The molecule has 0 radical (unpaired) electrons. The van der Waals surface area contributed by atoms with Crippen LogP contribution in [0.5, 0.6) is 5.75 Å². The number of carbonyl (C=O) groups is 1. The molecule has 7 heteroatoms. The monoisotopic (exact) mass is 315 g/mol. The minimum Gasteiger partial charge on any atom is -0.497 e. The Morgan fingerprint density at radius 1 is 1.30 bits per heavy atom. The highest BCUT2D eigenvalue weighted by atomic mass is 16.5. The van der Waals surface area contributed by atoms with Crippen LogP contribution in [0.3, 0.4) is 0 Å². The van der Waals surface area contributed by atoms with Gasteiger partial charge in [0.25, 0.3) is 0 Å². The first kappa shape index (κ1) is 15.5. The lowest BCUT2D eigenvalue weighted by atomic mass is 10.2.